The van der Waals surface area contributed by atoms with E-state index in [2.05, 4.69) is 24.1 Å². The summed E-state index contributed by atoms with van der Waals surface area (Å²) in [6, 6.07) is 3.88. The normalized spacial score (nSPS) is 20.9. The Morgan fingerprint density at radius 2 is 2.04 bits per heavy atom. The SMILES string of the molecule is COc1cc(C(=O)N2CCC(N3CCNCC3)C2)cc(Cl)c1OCC(C)C. The molecule has 0 aromatic heterocycles. The number of methoxy groups -OCH3 is 1. The van der Waals surface area contributed by atoms with Gasteiger partial charge in [-0.3, -0.25) is 9.69 Å². The summed E-state index contributed by atoms with van der Waals surface area (Å²) in [4.78, 5) is 17.4. The molecule has 2 aliphatic rings. The summed E-state index contributed by atoms with van der Waals surface area (Å²) < 4.78 is 11.2. The van der Waals surface area contributed by atoms with E-state index in [9.17, 15) is 4.79 Å². The van der Waals surface area contributed by atoms with Crippen molar-refractivity contribution < 1.29 is 14.3 Å². The fourth-order valence-corrected chi connectivity index (χ4v) is 3.95. The molecule has 1 N–H and O–H groups in total. The van der Waals surface area contributed by atoms with Crippen molar-refractivity contribution in [1.29, 1.82) is 0 Å². The Morgan fingerprint density at radius 1 is 1.30 bits per heavy atom. The number of piperazine rings is 1. The Labute approximate surface area is 166 Å². The first kappa shape index (κ1) is 20.2. The van der Waals surface area contributed by atoms with Crippen molar-refractivity contribution in [3.8, 4) is 11.5 Å². The molecule has 1 unspecified atom stereocenters. The van der Waals surface area contributed by atoms with Crippen LogP contribution in [0, 0.1) is 5.92 Å². The third-order valence-corrected chi connectivity index (χ3v) is 5.44. The number of rotatable bonds is 6. The summed E-state index contributed by atoms with van der Waals surface area (Å²) in [6.45, 7) is 10.4. The Morgan fingerprint density at radius 3 is 2.70 bits per heavy atom. The highest BCUT2D eigenvalue weighted by atomic mass is 35.5. The molecule has 1 aromatic rings. The summed E-state index contributed by atoms with van der Waals surface area (Å²) >= 11 is 6.41. The summed E-state index contributed by atoms with van der Waals surface area (Å²) in [6.07, 6.45) is 1.02. The largest absolute Gasteiger partial charge is 0.493 e. The van der Waals surface area contributed by atoms with Gasteiger partial charge in [0.25, 0.3) is 5.91 Å². The highest BCUT2D eigenvalue weighted by molar-refractivity contribution is 6.32. The molecular formula is C20H30ClN3O3. The van der Waals surface area contributed by atoms with Gasteiger partial charge in [-0.25, -0.2) is 0 Å². The predicted octanol–water partition coefficient (Wildman–Crippen LogP) is 2.50. The molecule has 150 valence electrons. The lowest BCUT2D eigenvalue weighted by molar-refractivity contribution is 0.0773. The molecular weight excluding hydrogens is 366 g/mol. The average molecular weight is 396 g/mol. The second-order valence-electron chi connectivity index (χ2n) is 7.67. The van der Waals surface area contributed by atoms with Crippen molar-refractivity contribution in [3.63, 3.8) is 0 Å². The number of nitrogens with one attached hydrogen (secondary N) is 1. The van der Waals surface area contributed by atoms with Crippen molar-refractivity contribution in [2.75, 3.05) is 53.0 Å². The first-order valence-electron chi connectivity index (χ1n) is 9.74. The fourth-order valence-electron chi connectivity index (χ4n) is 3.69. The minimum absolute atomic E-state index is 0.00300. The number of carbonyl (C=O) groups is 1. The molecule has 7 heteroatoms. The van der Waals surface area contributed by atoms with E-state index in [4.69, 9.17) is 21.1 Å². The molecule has 2 heterocycles. The van der Waals surface area contributed by atoms with Crippen LogP contribution in [0.1, 0.15) is 30.6 Å². The summed E-state index contributed by atoms with van der Waals surface area (Å²) in [5, 5.41) is 3.79. The van der Waals surface area contributed by atoms with Gasteiger partial charge in [0.15, 0.2) is 11.5 Å². The standard InChI is InChI=1S/C20H30ClN3O3/c1-14(2)13-27-19-17(21)10-15(11-18(19)26-3)20(25)24-7-4-16(12-24)23-8-5-22-6-9-23/h10-11,14,16,22H,4-9,12-13H2,1-3H3. The van der Waals surface area contributed by atoms with Crippen LogP contribution in [0.3, 0.4) is 0 Å². The van der Waals surface area contributed by atoms with Crippen LogP contribution < -0.4 is 14.8 Å². The number of halogens is 1. The van der Waals surface area contributed by atoms with Crippen LogP contribution in [0.5, 0.6) is 11.5 Å². The van der Waals surface area contributed by atoms with Crippen LogP contribution in [0.2, 0.25) is 5.02 Å². The third-order valence-electron chi connectivity index (χ3n) is 5.16. The lowest BCUT2D eigenvalue weighted by atomic mass is 10.1. The fraction of sp³-hybridized carbons (Fsp3) is 0.650. The Kier molecular flexibility index (Phi) is 6.84. The molecule has 27 heavy (non-hydrogen) atoms. The van der Waals surface area contributed by atoms with Gasteiger partial charge < -0.3 is 19.7 Å². The maximum atomic E-state index is 13.0. The smallest absolute Gasteiger partial charge is 0.254 e. The summed E-state index contributed by atoms with van der Waals surface area (Å²) in [7, 11) is 1.57. The third kappa shape index (κ3) is 4.86. The van der Waals surface area contributed by atoms with E-state index in [-0.39, 0.29) is 5.91 Å². The summed E-state index contributed by atoms with van der Waals surface area (Å²) in [5.74, 6) is 1.38. The van der Waals surface area contributed by atoms with Crippen LogP contribution in [-0.2, 0) is 0 Å². The van der Waals surface area contributed by atoms with E-state index in [0.29, 0.717) is 40.7 Å². The Hall–Kier alpha value is -1.50. The van der Waals surface area contributed by atoms with E-state index >= 15 is 0 Å². The van der Waals surface area contributed by atoms with Gasteiger partial charge in [0.05, 0.1) is 18.7 Å². The van der Waals surface area contributed by atoms with Gasteiger partial charge in [-0.1, -0.05) is 25.4 Å². The monoisotopic (exact) mass is 395 g/mol. The van der Waals surface area contributed by atoms with Crippen LogP contribution in [0.15, 0.2) is 12.1 Å². The number of hydrogen-bond acceptors (Lipinski definition) is 5. The van der Waals surface area contributed by atoms with E-state index in [0.717, 1.165) is 45.7 Å². The van der Waals surface area contributed by atoms with Gasteiger partial charge in [-0.2, -0.15) is 0 Å². The molecule has 3 rings (SSSR count). The lowest BCUT2D eigenvalue weighted by Crippen LogP contribution is -2.49. The summed E-state index contributed by atoms with van der Waals surface area (Å²) in [5.41, 5.74) is 0.551. The molecule has 0 aliphatic carbocycles. The molecule has 2 aliphatic heterocycles. The van der Waals surface area contributed by atoms with E-state index in [1.165, 1.54) is 0 Å². The number of carbonyl (C=O) groups excluding carboxylic acids is 1. The van der Waals surface area contributed by atoms with Gasteiger partial charge in [0, 0.05) is 50.9 Å². The Bertz CT molecular complexity index is 662. The van der Waals surface area contributed by atoms with Crippen LogP contribution in [0.25, 0.3) is 0 Å². The first-order chi connectivity index (χ1) is 13.0. The highest BCUT2D eigenvalue weighted by Gasteiger charge is 2.32. The number of likely N-dealkylation sites (tertiary alicyclic amines) is 1. The highest BCUT2D eigenvalue weighted by Crippen LogP contribution is 2.37. The molecule has 2 saturated heterocycles. The molecule has 0 bridgehead atoms. The van der Waals surface area contributed by atoms with Gasteiger partial charge in [0.1, 0.15) is 0 Å². The van der Waals surface area contributed by atoms with E-state index in [1.807, 2.05) is 4.90 Å². The van der Waals surface area contributed by atoms with Crippen molar-refractivity contribution in [2.45, 2.75) is 26.3 Å². The minimum atomic E-state index is 0.00300. The van der Waals surface area contributed by atoms with Crippen molar-refractivity contribution >= 4 is 17.5 Å². The van der Waals surface area contributed by atoms with Crippen molar-refractivity contribution in [2.24, 2.45) is 5.92 Å². The van der Waals surface area contributed by atoms with Gasteiger partial charge in [-0.05, 0) is 24.5 Å². The number of ether oxygens (including phenoxy) is 2. The number of nitrogens with zero attached hydrogens (tertiary/aromatic N) is 2. The topological polar surface area (TPSA) is 54.0 Å². The first-order valence-corrected chi connectivity index (χ1v) is 10.1. The van der Waals surface area contributed by atoms with Crippen LogP contribution >= 0.6 is 11.6 Å². The van der Waals surface area contributed by atoms with Crippen LogP contribution in [-0.4, -0.2) is 74.7 Å². The number of hydrogen-bond donors (Lipinski definition) is 1. The van der Waals surface area contributed by atoms with Crippen molar-refractivity contribution in [1.82, 2.24) is 15.1 Å². The molecule has 1 aromatic carbocycles. The molecule has 0 spiro atoms. The van der Waals surface area contributed by atoms with Gasteiger partial charge >= 0.3 is 0 Å². The zero-order chi connectivity index (χ0) is 19.4. The van der Waals surface area contributed by atoms with E-state index < -0.39 is 0 Å². The maximum absolute atomic E-state index is 13.0. The molecule has 0 radical (unpaired) electrons. The second-order valence-corrected chi connectivity index (χ2v) is 8.08. The molecule has 0 saturated carbocycles. The molecule has 6 nitrogen and oxygen atoms in total. The average Bonchev–Trinajstić information content (AvgIpc) is 3.16. The number of benzene rings is 1. The van der Waals surface area contributed by atoms with E-state index in [1.54, 1.807) is 19.2 Å². The minimum Gasteiger partial charge on any atom is -0.493 e. The van der Waals surface area contributed by atoms with Gasteiger partial charge in [-0.15, -0.1) is 0 Å². The van der Waals surface area contributed by atoms with Gasteiger partial charge in [0.2, 0.25) is 0 Å². The quantitative estimate of drug-likeness (QED) is 0.802. The molecule has 1 atom stereocenters. The van der Waals surface area contributed by atoms with Crippen LogP contribution in [0.4, 0.5) is 0 Å². The lowest BCUT2D eigenvalue weighted by Gasteiger charge is -2.32. The maximum Gasteiger partial charge on any atom is 0.254 e. The predicted molar refractivity (Wildman–Crippen MR) is 107 cm³/mol. The number of amides is 1. The van der Waals surface area contributed by atoms with Crippen molar-refractivity contribution in [3.05, 3.63) is 22.7 Å². The molecule has 1 amide bonds. The second kappa shape index (κ2) is 9.13. The molecule has 2 fully saturated rings. The zero-order valence-electron chi connectivity index (χ0n) is 16.5. The Balaban J connectivity index is 1.70. The zero-order valence-corrected chi connectivity index (χ0v) is 17.2.